The molecule has 0 saturated heterocycles. The van der Waals surface area contributed by atoms with Gasteiger partial charge in [0, 0.05) is 0 Å². The number of quaternary nitrogens is 1. The zero-order chi connectivity index (χ0) is 11.9. The van der Waals surface area contributed by atoms with Crippen LogP contribution in [-0.2, 0) is 9.53 Å². The molecule has 0 aliphatic heterocycles. The van der Waals surface area contributed by atoms with E-state index in [9.17, 15) is 4.79 Å². The van der Waals surface area contributed by atoms with Crippen molar-refractivity contribution in [2.45, 2.75) is 27.7 Å². The number of ether oxygens (including phenoxy) is 1. The Hall–Kier alpha value is -1.19. The zero-order valence-corrected chi connectivity index (χ0v) is 9.99. The highest BCUT2D eigenvalue weighted by Crippen LogP contribution is 2.08. The molecule has 0 saturated carbocycles. The van der Waals surface area contributed by atoms with Gasteiger partial charge in [0.15, 0.2) is 0 Å². The van der Waals surface area contributed by atoms with Crippen LogP contribution in [0.25, 0.3) is 5.53 Å². The molecule has 5 heteroatoms. The molecule has 0 heterocycles. The minimum atomic E-state index is -0.537. The summed E-state index contributed by atoms with van der Waals surface area (Å²) in [6, 6.07) is 0. The summed E-state index contributed by atoms with van der Waals surface area (Å²) in [4.78, 5) is 14.7. The van der Waals surface area contributed by atoms with Gasteiger partial charge in [-0.25, -0.2) is 9.28 Å². The third-order valence-electron chi connectivity index (χ3n) is 2.82. The van der Waals surface area contributed by atoms with Crippen LogP contribution in [0.2, 0.25) is 0 Å². The van der Waals surface area contributed by atoms with Crippen LogP contribution in [-0.4, -0.2) is 47.3 Å². The van der Waals surface area contributed by atoms with E-state index in [-0.39, 0.29) is 12.4 Å². The van der Waals surface area contributed by atoms with Crippen LogP contribution < -0.4 is 0 Å². The molecule has 0 aliphatic rings. The van der Waals surface area contributed by atoms with Gasteiger partial charge in [-0.15, -0.1) is 0 Å². The van der Waals surface area contributed by atoms with E-state index in [1.165, 1.54) is 0 Å². The smallest absolute Gasteiger partial charge is 0.453 e. The SMILES string of the molecule is CCOC(=O)C(=[N+]=[N-])[N+](CC)(CC)CC. The number of carbonyl (C=O) groups is 1. The van der Waals surface area contributed by atoms with Crippen LogP contribution in [0.15, 0.2) is 0 Å². The second-order valence-electron chi connectivity index (χ2n) is 3.24. The Balaban J connectivity index is 5.09. The summed E-state index contributed by atoms with van der Waals surface area (Å²) < 4.78 is 5.20. The number of likely N-dealkylation sites (N-methyl/N-ethyl adjacent to an activating group) is 1. The van der Waals surface area contributed by atoms with Crippen molar-refractivity contribution in [3.8, 4) is 0 Å². The molecule has 0 bridgehead atoms. The summed E-state index contributed by atoms with van der Waals surface area (Å²) in [6.45, 7) is 9.98. The number of hydrogen-bond acceptors (Lipinski definition) is 2. The maximum Gasteiger partial charge on any atom is 0.557 e. The topological polar surface area (TPSA) is 62.7 Å². The fourth-order valence-electron chi connectivity index (χ4n) is 1.65. The van der Waals surface area contributed by atoms with Crippen LogP contribution >= 0.6 is 0 Å². The first-order valence-electron chi connectivity index (χ1n) is 5.37. The number of esters is 1. The maximum atomic E-state index is 11.6. The highest BCUT2D eigenvalue weighted by Gasteiger charge is 2.44. The first-order valence-corrected chi connectivity index (χ1v) is 5.37. The fraction of sp³-hybridized carbons (Fsp3) is 0.800. The van der Waals surface area contributed by atoms with Crippen LogP contribution in [0.5, 0.6) is 0 Å². The third kappa shape index (κ3) is 2.88. The summed E-state index contributed by atoms with van der Waals surface area (Å²) in [5.74, 6) is -0.449. The summed E-state index contributed by atoms with van der Waals surface area (Å²) in [5, 5.41) is 0. The molecule has 0 aromatic heterocycles. The van der Waals surface area contributed by atoms with Gasteiger partial charge in [-0.2, -0.15) is 0 Å². The predicted molar refractivity (Wildman–Crippen MR) is 57.1 cm³/mol. The second-order valence-corrected chi connectivity index (χ2v) is 3.24. The molecule has 0 aromatic rings. The molecule has 0 aliphatic carbocycles. The molecule has 0 rings (SSSR count). The number of hydrogen-bond donors (Lipinski definition) is 0. The van der Waals surface area contributed by atoms with Gasteiger partial charge in [-0.05, 0) is 27.7 Å². The lowest BCUT2D eigenvalue weighted by molar-refractivity contribution is -0.843. The van der Waals surface area contributed by atoms with E-state index >= 15 is 0 Å². The monoisotopic (exact) mass is 214 g/mol. The zero-order valence-electron chi connectivity index (χ0n) is 9.99. The van der Waals surface area contributed by atoms with E-state index in [0.29, 0.717) is 24.1 Å². The highest BCUT2D eigenvalue weighted by molar-refractivity contribution is 6.29. The Labute approximate surface area is 90.9 Å². The van der Waals surface area contributed by atoms with Crippen LogP contribution in [0.4, 0.5) is 0 Å². The van der Waals surface area contributed by atoms with Gasteiger partial charge in [0.05, 0.1) is 26.2 Å². The fourth-order valence-corrected chi connectivity index (χ4v) is 1.65. The molecule has 86 valence electrons. The normalized spacial score (nSPS) is 10.7. The van der Waals surface area contributed by atoms with Gasteiger partial charge in [-0.1, -0.05) is 4.79 Å². The molecule has 0 amide bonds. The predicted octanol–water partition coefficient (Wildman–Crippen LogP) is 1.05. The van der Waals surface area contributed by atoms with Gasteiger partial charge in [0.2, 0.25) is 0 Å². The van der Waals surface area contributed by atoms with Crippen molar-refractivity contribution in [1.82, 2.24) is 0 Å². The molecular weight excluding hydrogens is 194 g/mol. The molecular formula is C10H20N3O2+. The number of nitrogens with zero attached hydrogens (tertiary/aromatic N) is 3. The van der Waals surface area contributed by atoms with Gasteiger partial charge in [0.1, 0.15) is 0 Å². The average Bonchev–Trinajstić information content (AvgIpc) is 2.26. The van der Waals surface area contributed by atoms with Crippen molar-refractivity contribution < 1.29 is 18.8 Å². The molecule has 0 N–H and O–H groups in total. The summed E-state index contributed by atoms with van der Waals surface area (Å²) >= 11 is 0. The Kier molecular flexibility index (Phi) is 5.82. The highest BCUT2D eigenvalue weighted by atomic mass is 16.5. The lowest BCUT2D eigenvalue weighted by Gasteiger charge is -2.28. The minimum absolute atomic E-state index is 0.0874. The van der Waals surface area contributed by atoms with Gasteiger partial charge >= 0.3 is 11.8 Å². The summed E-state index contributed by atoms with van der Waals surface area (Å²) in [5.41, 5.74) is 8.92. The lowest BCUT2D eigenvalue weighted by Crippen LogP contribution is -2.56. The van der Waals surface area contributed by atoms with Gasteiger partial charge in [-0.3, -0.25) is 0 Å². The Morgan fingerprint density at radius 1 is 1.20 bits per heavy atom. The minimum Gasteiger partial charge on any atom is -0.453 e. The van der Waals surface area contributed by atoms with Crippen LogP contribution in [0.1, 0.15) is 27.7 Å². The van der Waals surface area contributed by atoms with E-state index in [2.05, 4.69) is 4.79 Å². The standard InChI is InChI=1S/C10H20N3O2/c1-5-13(6-2,7-3)9(12-11)10(14)15-8-4/h5-8H2,1-4H3/q+1. The molecule has 0 radical (unpaired) electrons. The van der Waals surface area contributed by atoms with Gasteiger partial charge < -0.3 is 10.3 Å². The van der Waals surface area contributed by atoms with Crippen LogP contribution in [0.3, 0.4) is 0 Å². The van der Waals surface area contributed by atoms with Crippen molar-refractivity contribution in [3.63, 3.8) is 0 Å². The van der Waals surface area contributed by atoms with Crippen molar-refractivity contribution in [2.75, 3.05) is 26.2 Å². The first-order chi connectivity index (χ1) is 7.11. The Morgan fingerprint density at radius 3 is 1.93 bits per heavy atom. The first kappa shape index (κ1) is 13.8. The van der Waals surface area contributed by atoms with Crippen molar-refractivity contribution in [3.05, 3.63) is 5.53 Å². The van der Waals surface area contributed by atoms with Crippen molar-refractivity contribution in [2.24, 2.45) is 0 Å². The largest absolute Gasteiger partial charge is 0.557 e. The Bertz CT molecular complexity index is 258. The average molecular weight is 214 g/mol. The Morgan fingerprint density at radius 2 is 1.67 bits per heavy atom. The number of rotatable bonds is 4. The molecule has 0 aromatic carbocycles. The van der Waals surface area contributed by atoms with E-state index in [0.717, 1.165) is 0 Å². The van der Waals surface area contributed by atoms with Crippen molar-refractivity contribution in [1.29, 1.82) is 0 Å². The van der Waals surface area contributed by atoms with Crippen molar-refractivity contribution >= 4 is 11.8 Å². The second kappa shape index (κ2) is 6.32. The third-order valence-corrected chi connectivity index (χ3v) is 2.82. The lowest BCUT2D eigenvalue weighted by atomic mass is 10.3. The number of carbonyl (C=O) groups excluding carboxylic acids is 1. The van der Waals surface area contributed by atoms with E-state index in [1.54, 1.807) is 6.92 Å². The number of amidine groups is 1. The van der Waals surface area contributed by atoms with E-state index < -0.39 is 5.97 Å². The molecule has 5 nitrogen and oxygen atoms in total. The van der Waals surface area contributed by atoms with Crippen LogP contribution in [0, 0.1) is 0 Å². The maximum absolute atomic E-state index is 11.6. The molecule has 0 unspecified atom stereocenters. The molecule has 15 heavy (non-hydrogen) atoms. The summed E-state index contributed by atoms with van der Waals surface area (Å²) in [7, 11) is 0. The quantitative estimate of drug-likeness (QED) is 0.175. The van der Waals surface area contributed by atoms with Gasteiger partial charge in [0.25, 0.3) is 0 Å². The van der Waals surface area contributed by atoms with E-state index in [1.807, 2.05) is 20.8 Å². The summed E-state index contributed by atoms with van der Waals surface area (Å²) in [6.07, 6.45) is 0. The van der Waals surface area contributed by atoms with E-state index in [4.69, 9.17) is 10.3 Å². The molecule has 0 fully saturated rings. The molecule has 0 atom stereocenters. The molecule has 0 spiro atoms.